The minimum Gasteiger partial charge on any atom is -0.391 e. The van der Waals surface area contributed by atoms with Gasteiger partial charge in [0.05, 0.1) is 13.1 Å². The lowest BCUT2D eigenvalue weighted by Crippen LogP contribution is -2.28. The highest BCUT2D eigenvalue weighted by Crippen LogP contribution is 2.07. The molecule has 0 spiro atoms. The third-order valence-electron chi connectivity index (χ3n) is 0.959. The number of carbonyl (C=O) groups is 2. The SMILES string of the molecule is O=C(CCF)OC(=O)C(F)C(F)F. The molecule has 0 amide bonds. The summed E-state index contributed by atoms with van der Waals surface area (Å²) in [7, 11) is 0. The second kappa shape index (κ2) is 5.50. The summed E-state index contributed by atoms with van der Waals surface area (Å²) in [6, 6.07) is 0. The van der Waals surface area contributed by atoms with Gasteiger partial charge in [0.2, 0.25) is 0 Å². The Labute approximate surface area is 70.7 Å². The number of alkyl halides is 4. The molecule has 0 aromatic heterocycles. The molecule has 13 heavy (non-hydrogen) atoms. The maximum atomic E-state index is 12.0. The zero-order valence-corrected chi connectivity index (χ0v) is 6.31. The van der Waals surface area contributed by atoms with Crippen molar-refractivity contribution in [3.63, 3.8) is 0 Å². The molecular formula is C6H6F4O3. The van der Waals surface area contributed by atoms with E-state index in [1.165, 1.54) is 0 Å². The molecule has 0 saturated heterocycles. The van der Waals surface area contributed by atoms with E-state index in [4.69, 9.17) is 0 Å². The monoisotopic (exact) mass is 202 g/mol. The van der Waals surface area contributed by atoms with Crippen LogP contribution in [0.2, 0.25) is 0 Å². The van der Waals surface area contributed by atoms with Gasteiger partial charge in [-0.3, -0.25) is 9.18 Å². The van der Waals surface area contributed by atoms with Gasteiger partial charge in [0, 0.05) is 0 Å². The van der Waals surface area contributed by atoms with Crippen molar-refractivity contribution in [3.05, 3.63) is 0 Å². The summed E-state index contributed by atoms with van der Waals surface area (Å²) in [6.45, 7) is -1.10. The maximum Gasteiger partial charge on any atom is 0.354 e. The highest BCUT2D eigenvalue weighted by atomic mass is 19.3. The number of hydrogen-bond acceptors (Lipinski definition) is 3. The van der Waals surface area contributed by atoms with Gasteiger partial charge in [-0.1, -0.05) is 0 Å². The summed E-state index contributed by atoms with van der Waals surface area (Å²) in [5, 5.41) is 0. The van der Waals surface area contributed by atoms with Crippen molar-refractivity contribution in [2.75, 3.05) is 6.67 Å². The van der Waals surface area contributed by atoms with Gasteiger partial charge in [-0.15, -0.1) is 0 Å². The first-order valence-corrected chi connectivity index (χ1v) is 3.21. The molecule has 0 rings (SSSR count). The van der Waals surface area contributed by atoms with Gasteiger partial charge in [0.15, 0.2) is 0 Å². The second-order valence-corrected chi connectivity index (χ2v) is 1.97. The summed E-state index contributed by atoms with van der Waals surface area (Å²) >= 11 is 0. The van der Waals surface area contributed by atoms with Gasteiger partial charge in [0.25, 0.3) is 12.6 Å². The fraction of sp³-hybridized carbons (Fsp3) is 0.667. The fourth-order valence-electron chi connectivity index (χ4n) is 0.400. The molecule has 0 fully saturated rings. The average molecular weight is 202 g/mol. The van der Waals surface area contributed by atoms with Crippen LogP contribution in [-0.2, 0) is 14.3 Å². The van der Waals surface area contributed by atoms with Gasteiger partial charge < -0.3 is 4.74 Å². The molecule has 76 valence electrons. The number of esters is 2. The molecule has 0 aliphatic heterocycles. The quantitative estimate of drug-likeness (QED) is 0.388. The summed E-state index contributed by atoms with van der Waals surface area (Å²) in [5.74, 6) is -3.36. The first kappa shape index (κ1) is 11.9. The molecule has 0 radical (unpaired) electrons. The zero-order valence-electron chi connectivity index (χ0n) is 6.31. The Kier molecular flexibility index (Phi) is 5.01. The lowest BCUT2D eigenvalue weighted by Gasteiger charge is -2.04. The van der Waals surface area contributed by atoms with E-state index < -0.39 is 37.6 Å². The highest BCUT2D eigenvalue weighted by molar-refractivity contribution is 5.88. The van der Waals surface area contributed by atoms with Crippen LogP contribution in [0.5, 0.6) is 0 Å². The van der Waals surface area contributed by atoms with Crippen molar-refractivity contribution < 1.29 is 31.9 Å². The van der Waals surface area contributed by atoms with Gasteiger partial charge >= 0.3 is 11.9 Å². The Morgan fingerprint density at radius 1 is 1.23 bits per heavy atom. The minimum absolute atomic E-state index is 0.762. The zero-order chi connectivity index (χ0) is 10.4. The number of hydrogen-bond donors (Lipinski definition) is 0. The Morgan fingerprint density at radius 2 is 1.77 bits per heavy atom. The van der Waals surface area contributed by atoms with Crippen LogP contribution in [0.15, 0.2) is 0 Å². The van der Waals surface area contributed by atoms with Gasteiger partial charge in [-0.05, 0) is 0 Å². The van der Waals surface area contributed by atoms with Crippen LogP contribution in [0.4, 0.5) is 17.6 Å². The molecular weight excluding hydrogens is 196 g/mol. The first-order chi connectivity index (χ1) is 5.99. The fourth-order valence-corrected chi connectivity index (χ4v) is 0.400. The van der Waals surface area contributed by atoms with E-state index in [0.29, 0.717) is 0 Å². The molecule has 7 heteroatoms. The molecule has 0 aromatic carbocycles. The van der Waals surface area contributed by atoms with E-state index in [1.54, 1.807) is 0 Å². The third-order valence-corrected chi connectivity index (χ3v) is 0.959. The van der Waals surface area contributed by atoms with Gasteiger partial charge in [-0.25, -0.2) is 18.0 Å². The van der Waals surface area contributed by atoms with Crippen molar-refractivity contribution in [2.45, 2.75) is 19.0 Å². The third kappa shape index (κ3) is 4.44. The molecule has 0 N–H and O–H groups in total. The van der Waals surface area contributed by atoms with Crippen LogP contribution in [-0.4, -0.2) is 31.2 Å². The largest absolute Gasteiger partial charge is 0.391 e. The lowest BCUT2D eigenvalue weighted by atomic mass is 10.4. The molecule has 0 heterocycles. The van der Waals surface area contributed by atoms with Crippen LogP contribution in [0.1, 0.15) is 6.42 Å². The number of carbonyl (C=O) groups excluding carboxylic acids is 2. The summed E-state index contributed by atoms with van der Waals surface area (Å²) in [5.41, 5.74) is 0. The van der Waals surface area contributed by atoms with Crippen LogP contribution >= 0.6 is 0 Å². The van der Waals surface area contributed by atoms with Crippen molar-refractivity contribution >= 4 is 11.9 Å². The average Bonchev–Trinajstić information content (AvgIpc) is 2.03. The molecule has 1 atom stereocenters. The van der Waals surface area contributed by atoms with E-state index in [9.17, 15) is 27.2 Å². The predicted octanol–water partition coefficient (Wildman–Crippen LogP) is 1.02. The highest BCUT2D eigenvalue weighted by Gasteiger charge is 2.30. The number of rotatable bonds is 4. The second-order valence-electron chi connectivity index (χ2n) is 1.97. The van der Waals surface area contributed by atoms with Crippen LogP contribution in [0.3, 0.4) is 0 Å². The van der Waals surface area contributed by atoms with Gasteiger partial charge in [0.1, 0.15) is 0 Å². The van der Waals surface area contributed by atoms with Gasteiger partial charge in [-0.2, -0.15) is 0 Å². The van der Waals surface area contributed by atoms with Crippen molar-refractivity contribution in [3.8, 4) is 0 Å². The van der Waals surface area contributed by atoms with E-state index in [-0.39, 0.29) is 0 Å². The normalized spacial score (nSPS) is 12.7. The molecule has 0 aromatic rings. The van der Waals surface area contributed by atoms with Crippen molar-refractivity contribution in [2.24, 2.45) is 0 Å². The Balaban J connectivity index is 3.93. The molecule has 0 aliphatic carbocycles. The Hall–Kier alpha value is -1.14. The number of ether oxygens (including phenoxy) is 1. The van der Waals surface area contributed by atoms with E-state index in [2.05, 4.69) is 4.74 Å². The minimum atomic E-state index is -3.55. The molecule has 0 bridgehead atoms. The van der Waals surface area contributed by atoms with E-state index >= 15 is 0 Å². The summed E-state index contributed by atoms with van der Waals surface area (Å²) in [6.07, 6.45) is -7.48. The Bertz CT molecular complexity index is 194. The van der Waals surface area contributed by atoms with Crippen LogP contribution in [0.25, 0.3) is 0 Å². The summed E-state index contributed by atoms with van der Waals surface area (Å²) < 4.78 is 49.9. The maximum absolute atomic E-state index is 12.0. The molecule has 3 nitrogen and oxygen atoms in total. The van der Waals surface area contributed by atoms with Crippen molar-refractivity contribution in [1.29, 1.82) is 0 Å². The van der Waals surface area contributed by atoms with E-state index in [1.807, 2.05) is 0 Å². The first-order valence-electron chi connectivity index (χ1n) is 3.21. The molecule has 1 unspecified atom stereocenters. The molecule has 0 saturated carbocycles. The van der Waals surface area contributed by atoms with Crippen LogP contribution < -0.4 is 0 Å². The van der Waals surface area contributed by atoms with Crippen molar-refractivity contribution in [1.82, 2.24) is 0 Å². The van der Waals surface area contributed by atoms with E-state index in [0.717, 1.165) is 0 Å². The van der Waals surface area contributed by atoms with Crippen LogP contribution in [0, 0.1) is 0 Å². The standard InChI is InChI=1S/C6H6F4O3/c7-2-1-3(11)13-6(12)4(8)5(9)10/h4-5H,1-2H2. The predicted molar refractivity (Wildman–Crippen MR) is 32.6 cm³/mol. The smallest absolute Gasteiger partial charge is 0.354 e. The summed E-state index contributed by atoms with van der Waals surface area (Å²) in [4.78, 5) is 20.5. The topological polar surface area (TPSA) is 43.4 Å². The molecule has 0 aliphatic rings. The lowest BCUT2D eigenvalue weighted by molar-refractivity contribution is -0.167. The Morgan fingerprint density at radius 3 is 2.15 bits per heavy atom. The number of halogens is 4.